The molecule has 2 heterocycles. The minimum atomic E-state index is -0.605. The fourth-order valence-corrected chi connectivity index (χ4v) is 3.19. The van der Waals surface area contributed by atoms with E-state index in [-0.39, 0.29) is 29.7 Å². The third kappa shape index (κ3) is 3.22. The molecule has 3 rings (SSSR count). The predicted octanol–water partition coefficient (Wildman–Crippen LogP) is 2.65. The Labute approximate surface area is 150 Å². The summed E-state index contributed by atoms with van der Waals surface area (Å²) in [6.07, 6.45) is 0.258. The highest BCUT2D eigenvalue weighted by molar-refractivity contribution is 5.73. The van der Waals surface area contributed by atoms with E-state index in [0.29, 0.717) is 25.2 Å². The number of carbonyl (C=O) groups is 1. The summed E-state index contributed by atoms with van der Waals surface area (Å²) in [5.41, 5.74) is -0.948. The van der Waals surface area contributed by atoms with Gasteiger partial charge in [0.05, 0.1) is 22.7 Å². The maximum Gasteiger partial charge on any atom is 0.410 e. The Bertz CT molecular complexity index is 811. The third-order valence-electron chi connectivity index (χ3n) is 4.34. The number of nitro groups is 1. The van der Waals surface area contributed by atoms with Crippen LogP contribution in [-0.2, 0) is 4.74 Å². The van der Waals surface area contributed by atoms with Crippen molar-refractivity contribution >= 4 is 17.5 Å². The Morgan fingerprint density at radius 2 is 2.23 bits per heavy atom. The molecule has 1 fully saturated rings. The predicted molar refractivity (Wildman–Crippen MR) is 92.1 cm³/mol. The van der Waals surface area contributed by atoms with E-state index in [4.69, 9.17) is 9.47 Å². The summed E-state index contributed by atoms with van der Waals surface area (Å²) < 4.78 is 11.1. The van der Waals surface area contributed by atoms with Gasteiger partial charge in [-0.3, -0.25) is 10.1 Å². The summed E-state index contributed by atoms with van der Waals surface area (Å²) >= 11 is 0. The average molecular weight is 360 g/mol. The van der Waals surface area contributed by atoms with Crippen molar-refractivity contribution in [2.24, 2.45) is 0 Å². The Hall–Kier alpha value is -3.02. The van der Waals surface area contributed by atoms with Crippen LogP contribution < -0.4 is 10.1 Å². The van der Waals surface area contributed by atoms with E-state index >= 15 is 0 Å². The second kappa shape index (κ2) is 6.05. The van der Waals surface area contributed by atoms with Crippen LogP contribution in [0.5, 0.6) is 5.75 Å². The van der Waals surface area contributed by atoms with Gasteiger partial charge in [0.15, 0.2) is 11.3 Å². The van der Waals surface area contributed by atoms with E-state index in [1.54, 1.807) is 4.90 Å². The summed E-state index contributed by atoms with van der Waals surface area (Å²) in [6.45, 7) is 6.54. The quantitative estimate of drug-likeness (QED) is 0.604. The van der Waals surface area contributed by atoms with Crippen molar-refractivity contribution in [3.8, 4) is 11.8 Å². The van der Waals surface area contributed by atoms with Gasteiger partial charge in [0.2, 0.25) is 0 Å². The first kappa shape index (κ1) is 17.8. The number of amides is 1. The number of nitro benzene ring substituents is 1. The van der Waals surface area contributed by atoms with Crippen LogP contribution in [0, 0.1) is 21.4 Å². The molecule has 0 aromatic heterocycles. The smallest absolute Gasteiger partial charge is 0.410 e. The van der Waals surface area contributed by atoms with Crippen LogP contribution in [-0.4, -0.2) is 46.8 Å². The lowest BCUT2D eigenvalue weighted by atomic mass is 9.96. The van der Waals surface area contributed by atoms with Crippen molar-refractivity contribution in [1.82, 2.24) is 4.90 Å². The first-order chi connectivity index (χ1) is 12.1. The minimum Gasteiger partial charge on any atom is -0.487 e. The van der Waals surface area contributed by atoms with Crippen molar-refractivity contribution in [1.29, 1.82) is 5.26 Å². The molecule has 0 saturated carbocycles. The van der Waals surface area contributed by atoms with E-state index in [9.17, 15) is 20.2 Å². The minimum absolute atomic E-state index is 0.100. The Balaban J connectivity index is 1.80. The molecule has 9 nitrogen and oxygen atoms in total. The molecule has 1 amide bonds. The van der Waals surface area contributed by atoms with Crippen molar-refractivity contribution in [3.63, 3.8) is 0 Å². The molecule has 26 heavy (non-hydrogen) atoms. The number of fused-ring (bicyclic) bond motifs is 1. The Morgan fingerprint density at radius 3 is 2.85 bits per heavy atom. The number of nitrogens with zero attached hydrogens (tertiary/aromatic N) is 3. The number of benzene rings is 1. The summed E-state index contributed by atoms with van der Waals surface area (Å²) in [4.78, 5) is 24.3. The number of nitrogens with one attached hydrogen (secondary N) is 1. The zero-order valence-corrected chi connectivity index (χ0v) is 14.9. The van der Waals surface area contributed by atoms with Crippen LogP contribution in [0.3, 0.4) is 0 Å². The van der Waals surface area contributed by atoms with Crippen LogP contribution in [0.15, 0.2) is 12.1 Å². The lowest BCUT2D eigenvalue weighted by Gasteiger charge is -2.36. The summed E-state index contributed by atoms with van der Waals surface area (Å²) in [6, 6.07) is 4.66. The molecule has 138 valence electrons. The first-order valence-corrected chi connectivity index (χ1v) is 8.24. The van der Waals surface area contributed by atoms with E-state index in [2.05, 4.69) is 5.32 Å². The maximum atomic E-state index is 12.3. The monoisotopic (exact) mass is 360 g/mol. The van der Waals surface area contributed by atoms with E-state index in [0.717, 1.165) is 0 Å². The number of carbonyl (C=O) groups excluding carboxylic acids is 1. The van der Waals surface area contributed by atoms with Gasteiger partial charge < -0.3 is 19.7 Å². The molecule has 0 radical (unpaired) electrons. The van der Waals surface area contributed by atoms with Crippen LogP contribution >= 0.6 is 0 Å². The molecule has 1 N–H and O–H groups in total. The number of anilines is 1. The standard InChI is InChI=1S/C17H20N4O5/c1-16(2,3)26-15(22)20-7-6-17(9-20)10-25-14-11(8-18)13(21(23)24)5-4-12(14)19-17/h4-5,19H,6-7,9-10H2,1-3H3. The normalized spacial score (nSPS) is 21.4. The van der Waals surface area contributed by atoms with E-state index < -0.39 is 16.1 Å². The van der Waals surface area contributed by atoms with Gasteiger partial charge in [-0.25, -0.2) is 4.79 Å². The average Bonchev–Trinajstić information content (AvgIpc) is 2.95. The molecular weight excluding hydrogens is 340 g/mol. The zero-order valence-electron chi connectivity index (χ0n) is 14.9. The van der Waals surface area contributed by atoms with E-state index in [1.165, 1.54) is 12.1 Å². The van der Waals surface area contributed by atoms with Crippen molar-refractivity contribution in [2.45, 2.75) is 38.3 Å². The van der Waals surface area contributed by atoms with Gasteiger partial charge in [-0.1, -0.05) is 0 Å². The second-order valence-corrected chi connectivity index (χ2v) is 7.55. The zero-order chi connectivity index (χ0) is 19.1. The molecule has 1 aromatic rings. The maximum absolute atomic E-state index is 12.3. The molecule has 1 aromatic carbocycles. The number of nitriles is 1. The lowest BCUT2D eigenvalue weighted by Crippen LogP contribution is -2.50. The molecule has 0 aliphatic carbocycles. The van der Waals surface area contributed by atoms with Crippen LogP contribution in [0.4, 0.5) is 16.2 Å². The number of rotatable bonds is 1. The first-order valence-electron chi connectivity index (χ1n) is 8.24. The topological polar surface area (TPSA) is 118 Å². The number of ether oxygens (including phenoxy) is 2. The van der Waals surface area contributed by atoms with E-state index in [1.807, 2.05) is 26.8 Å². The molecular formula is C17H20N4O5. The molecule has 9 heteroatoms. The number of likely N-dealkylation sites (tertiary alicyclic amines) is 1. The summed E-state index contributed by atoms with van der Waals surface area (Å²) in [5.74, 6) is 0.183. The molecule has 1 unspecified atom stereocenters. The molecule has 0 bridgehead atoms. The van der Waals surface area contributed by atoms with Crippen molar-refractivity contribution < 1.29 is 19.2 Å². The fraction of sp³-hybridized carbons (Fsp3) is 0.529. The van der Waals surface area contributed by atoms with Gasteiger partial charge >= 0.3 is 6.09 Å². The molecule has 2 aliphatic rings. The highest BCUT2D eigenvalue weighted by Gasteiger charge is 2.45. The SMILES string of the molecule is CC(C)(C)OC(=O)N1CCC2(COc3c(ccc([N+](=O)[O-])c3C#N)N2)C1. The van der Waals surface area contributed by atoms with Gasteiger partial charge in [0.25, 0.3) is 5.69 Å². The van der Waals surface area contributed by atoms with Gasteiger partial charge in [-0.2, -0.15) is 5.26 Å². The van der Waals surface area contributed by atoms with Crippen LogP contribution in [0.2, 0.25) is 0 Å². The van der Waals surface area contributed by atoms with Crippen LogP contribution in [0.25, 0.3) is 0 Å². The largest absolute Gasteiger partial charge is 0.487 e. The van der Waals surface area contributed by atoms with Gasteiger partial charge in [0.1, 0.15) is 18.3 Å². The lowest BCUT2D eigenvalue weighted by molar-refractivity contribution is -0.385. The Morgan fingerprint density at radius 1 is 1.50 bits per heavy atom. The van der Waals surface area contributed by atoms with Gasteiger partial charge in [-0.15, -0.1) is 0 Å². The fourth-order valence-electron chi connectivity index (χ4n) is 3.19. The van der Waals surface area contributed by atoms with Gasteiger partial charge in [0, 0.05) is 12.6 Å². The Kier molecular flexibility index (Phi) is 4.14. The summed E-state index contributed by atoms with van der Waals surface area (Å²) in [5, 5.41) is 23.7. The molecule has 1 saturated heterocycles. The van der Waals surface area contributed by atoms with Crippen molar-refractivity contribution in [3.05, 3.63) is 27.8 Å². The summed E-state index contributed by atoms with van der Waals surface area (Å²) in [7, 11) is 0. The highest BCUT2D eigenvalue weighted by atomic mass is 16.6. The molecule has 1 spiro atoms. The van der Waals surface area contributed by atoms with Crippen molar-refractivity contribution in [2.75, 3.05) is 25.0 Å². The van der Waals surface area contributed by atoms with Crippen LogP contribution in [0.1, 0.15) is 32.8 Å². The number of hydrogen-bond acceptors (Lipinski definition) is 7. The highest BCUT2D eigenvalue weighted by Crippen LogP contribution is 2.42. The molecule has 1 atom stereocenters. The molecule has 2 aliphatic heterocycles. The second-order valence-electron chi connectivity index (χ2n) is 7.55. The van der Waals surface area contributed by atoms with Gasteiger partial charge in [-0.05, 0) is 33.3 Å². The number of hydrogen-bond donors (Lipinski definition) is 1. The third-order valence-corrected chi connectivity index (χ3v) is 4.34.